The van der Waals surface area contributed by atoms with Crippen LogP contribution in [0.4, 0.5) is 4.79 Å². The number of hydrogen-bond donors (Lipinski definition) is 1. The highest BCUT2D eigenvalue weighted by Gasteiger charge is 2.39. The molecule has 0 radical (unpaired) electrons. The van der Waals surface area contributed by atoms with Gasteiger partial charge in [0.1, 0.15) is 5.60 Å². The minimum atomic E-state index is -0.479. The Kier molecular flexibility index (Phi) is 3.28. The number of likely N-dealkylation sites (tertiary alicyclic amines) is 1. The number of aliphatic hydroxyl groups is 1. The summed E-state index contributed by atoms with van der Waals surface area (Å²) in [5.41, 5.74) is -0.479. The number of amides is 1. The molecule has 0 aromatic rings. The van der Waals surface area contributed by atoms with Crippen molar-refractivity contribution in [3.05, 3.63) is 0 Å². The van der Waals surface area contributed by atoms with Crippen LogP contribution in [0.15, 0.2) is 0 Å². The van der Waals surface area contributed by atoms with Gasteiger partial charge in [0.2, 0.25) is 0 Å². The summed E-state index contributed by atoms with van der Waals surface area (Å²) >= 11 is 0. The van der Waals surface area contributed by atoms with E-state index in [2.05, 4.69) is 0 Å². The van der Waals surface area contributed by atoms with Crippen molar-refractivity contribution in [3.8, 4) is 0 Å². The number of β-amino-alcohol motifs (C(OH)–C–C–N with tert-alkyl or cyclic N) is 1. The van der Waals surface area contributed by atoms with Crippen LogP contribution in [0.1, 0.15) is 34.6 Å². The van der Waals surface area contributed by atoms with Gasteiger partial charge in [0.05, 0.1) is 12.6 Å². The third-order valence-corrected chi connectivity index (χ3v) is 2.87. The molecule has 0 aromatic carbocycles. The van der Waals surface area contributed by atoms with E-state index in [-0.39, 0.29) is 18.1 Å². The molecular weight excluding hydrogens is 194 g/mol. The first-order valence-corrected chi connectivity index (χ1v) is 5.40. The van der Waals surface area contributed by atoms with Crippen molar-refractivity contribution < 1.29 is 14.6 Å². The van der Waals surface area contributed by atoms with Gasteiger partial charge in [-0.3, -0.25) is 0 Å². The zero-order valence-electron chi connectivity index (χ0n) is 10.2. The lowest BCUT2D eigenvalue weighted by Crippen LogP contribution is -2.39. The Morgan fingerprint density at radius 2 is 1.93 bits per heavy atom. The minimum absolute atomic E-state index is 0.0369. The topological polar surface area (TPSA) is 49.8 Å². The number of carbonyl (C=O) groups excluding carboxylic acids is 1. The third-order valence-electron chi connectivity index (χ3n) is 2.87. The molecule has 4 nitrogen and oxygen atoms in total. The van der Waals surface area contributed by atoms with E-state index >= 15 is 0 Å². The molecule has 88 valence electrons. The van der Waals surface area contributed by atoms with Crippen molar-refractivity contribution in [1.29, 1.82) is 0 Å². The highest BCUT2D eigenvalue weighted by Crippen LogP contribution is 2.25. The van der Waals surface area contributed by atoms with E-state index < -0.39 is 11.7 Å². The molecule has 1 aliphatic rings. The fraction of sp³-hybridized carbons (Fsp3) is 0.909. The number of aliphatic hydroxyl groups excluding tert-OH is 1. The average molecular weight is 215 g/mol. The van der Waals surface area contributed by atoms with E-state index in [9.17, 15) is 9.90 Å². The number of nitrogens with zero attached hydrogens (tertiary/aromatic N) is 1. The predicted molar refractivity (Wildman–Crippen MR) is 57.6 cm³/mol. The monoisotopic (exact) mass is 215 g/mol. The molecule has 0 spiro atoms. The molecule has 0 aromatic heterocycles. The molecule has 3 unspecified atom stereocenters. The smallest absolute Gasteiger partial charge is 0.410 e. The Hall–Kier alpha value is -0.770. The van der Waals surface area contributed by atoms with Crippen molar-refractivity contribution in [3.63, 3.8) is 0 Å². The Balaban J connectivity index is 2.62. The molecule has 1 aliphatic heterocycles. The molecule has 1 rings (SSSR count). The summed E-state index contributed by atoms with van der Waals surface area (Å²) in [4.78, 5) is 13.4. The average Bonchev–Trinajstić information content (AvgIpc) is 2.30. The summed E-state index contributed by atoms with van der Waals surface area (Å²) in [6.07, 6.45) is -0.772. The largest absolute Gasteiger partial charge is 0.444 e. The standard InChI is InChI=1S/C11H21NO3/c1-7-8(2)12(6-9(7)13)10(14)15-11(3,4)5/h7-9,13H,6H2,1-5H3. The molecule has 1 amide bonds. The molecule has 1 N–H and O–H groups in total. The van der Waals surface area contributed by atoms with Gasteiger partial charge >= 0.3 is 6.09 Å². The highest BCUT2D eigenvalue weighted by molar-refractivity contribution is 5.69. The quantitative estimate of drug-likeness (QED) is 0.668. The number of carbonyl (C=O) groups is 1. The van der Waals surface area contributed by atoms with Gasteiger partial charge in [0.15, 0.2) is 0 Å². The second kappa shape index (κ2) is 4.00. The zero-order chi connectivity index (χ0) is 11.8. The third kappa shape index (κ3) is 2.84. The SMILES string of the molecule is CC1C(O)CN(C(=O)OC(C)(C)C)C1C. The lowest BCUT2D eigenvalue weighted by molar-refractivity contribution is 0.0215. The molecule has 1 saturated heterocycles. The minimum Gasteiger partial charge on any atom is -0.444 e. The summed E-state index contributed by atoms with van der Waals surface area (Å²) in [5.74, 6) is 0.109. The second-order valence-corrected chi connectivity index (χ2v) is 5.30. The van der Waals surface area contributed by atoms with Crippen LogP contribution in [0.2, 0.25) is 0 Å². The van der Waals surface area contributed by atoms with E-state index in [4.69, 9.17) is 4.74 Å². The van der Waals surface area contributed by atoms with Gasteiger partial charge in [-0.15, -0.1) is 0 Å². The molecule has 0 saturated carbocycles. The summed E-state index contributed by atoms with van der Waals surface area (Å²) < 4.78 is 5.26. The van der Waals surface area contributed by atoms with Crippen molar-refractivity contribution in [2.24, 2.45) is 5.92 Å². The van der Waals surface area contributed by atoms with Gasteiger partial charge in [0.25, 0.3) is 0 Å². The van der Waals surface area contributed by atoms with E-state index in [1.807, 2.05) is 34.6 Å². The van der Waals surface area contributed by atoms with Crippen LogP contribution >= 0.6 is 0 Å². The van der Waals surface area contributed by atoms with Crippen molar-refractivity contribution in [1.82, 2.24) is 4.90 Å². The first kappa shape index (κ1) is 12.3. The molecule has 4 heteroatoms. The number of rotatable bonds is 0. The molecule has 0 bridgehead atoms. The van der Waals surface area contributed by atoms with E-state index in [1.165, 1.54) is 0 Å². The van der Waals surface area contributed by atoms with Gasteiger partial charge < -0.3 is 14.7 Å². The van der Waals surface area contributed by atoms with Crippen molar-refractivity contribution in [2.75, 3.05) is 6.54 Å². The van der Waals surface area contributed by atoms with Crippen molar-refractivity contribution >= 4 is 6.09 Å². The fourth-order valence-corrected chi connectivity index (χ4v) is 1.70. The van der Waals surface area contributed by atoms with Gasteiger partial charge in [-0.05, 0) is 27.7 Å². The maximum Gasteiger partial charge on any atom is 0.410 e. The van der Waals surface area contributed by atoms with Gasteiger partial charge in [-0.1, -0.05) is 6.92 Å². The second-order valence-electron chi connectivity index (χ2n) is 5.30. The molecule has 1 fully saturated rings. The Morgan fingerprint density at radius 1 is 1.40 bits per heavy atom. The van der Waals surface area contributed by atoms with Gasteiger partial charge in [-0.25, -0.2) is 4.79 Å². The van der Waals surface area contributed by atoms with E-state index in [1.54, 1.807) is 4.90 Å². The molecule has 0 aliphatic carbocycles. The normalized spacial score (nSPS) is 31.9. The Bertz CT molecular complexity index is 247. The molecule has 1 heterocycles. The molecule has 3 atom stereocenters. The van der Waals surface area contributed by atoms with Gasteiger partial charge in [0, 0.05) is 12.0 Å². The summed E-state index contributed by atoms with van der Waals surface area (Å²) in [7, 11) is 0. The maximum atomic E-state index is 11.8. The van der Waals surface area contributed by atoms with Crippen molar-refractivity contribution in [2.45, 2.75) is 52.4 Å². The zero-order valence-corrected chi connectivity index (χ0v) is 10.2. The number of ether oxygens (including phenoxy) is 1. The fourth-order valence-electron chi connectivity index (χ4n) is 1.70. The molecular formula is C11H21NO3. The van der Waals surface area contributed by atoms with Crippen LogP contribution in [0.25, 0.3) is 0 Å². The first-order chi connectivity index (χ1) is 6.72. The summed E-state index contributed by atoms with van der Waals surface area (Å²) in [6.45, 7) is 9.77. The van der Waals surface area contributed by atoms with E-state index in [0.29, 0.717) is 6.54 Å². The van der Waals surface area contributed by atoms with E-state index in [0.717, 1.165) is 0 Å². The predicted octanol–water partition coefficient (Wildman–Crippen LogP) is 1.62. The van der Waals surface area contributed by atoms with Crippen LogP contribution in [0.5, 0.6) is 0 Å². The lowest BCUT2D eigenvalue weighted by Gasteiger charge is -2.27. The molecule has 15 heavy (non-hydrogen) atoms. The Labute approximate surface area is 91.2 Å². The van der Waals surface area contributed by atoms with Crippen LogP contribution in [0, 0.1) is 5.92 Å². The summed E-state index contributed by atoms with van der Waals surface area (Å²) in [6, 6.07) is 0.0369. The summed E-state index contributed by atoms with van der Waals surface area (Å²) in [5, 5.41) is 9.64. The van der Waals surface area contributed by atoms with Crippen LogP contribution in [0.3, 0.4) is 0 Å². The Morgan fingerprint density at radius 3 is 2.27 bits per heavy atom. The van der Waals surface area contributed by atoms with Crippen LogP contribution in [-0.4, -0.2) is 40.4 Å². The number of hydrogen-bond acceptors (Lipinski definition) is 3. The van der Waals surface area contributed by atoms with Gasteiger partial charge in [-0.2, -0.15) is 0 Å². The lowest BCUT2D eigenvalue weighted by atomic mass is 10.0. The highest BCUT2D eigenvalue weighted by atomic mass is 16.6. The first-order valence-electron chi connectivity index (χ1n) is 5.40. The van der Waals surface area contributed by atoms with Crippen LogP contribution < -0.4 is 0 Å². The van der Waals surface area contributed by atoms with Crippen LogP contribution in [-0.2, 0) is 4.74 Å². The maximum absolute atomic E-state index is 11.8.